The number of hydrogen-bond acceptors (Lipinski definition) is 12. The number of β-lactam (4-membered cyclic amide) rings is 1. The van der Waals surface area contributed by atoms with Crippen molar-refractivity contribution in [3.05, 3.63) is 47.2 Å². The third-order valence-electron chi connectivity index (χ3n) is 8.07. The van der Waals surface area contributed by atoms with Crippen molar-refractivity contribution < 1.29 is 51.0 Å². The molecule has 0 saturated carbocycles. The fourth-order valence-corrected chi connectivity index (χ4v) is 6.46. The average molecular weight is 707 g/mol. The van der Waals surface area contributed by atoms with Crippen LogP contribution in [-0.2, 0) is 53.9 Å². The van der Waals surface area contributed by atoms with E-state index in [0.717, 1.165) is 47.4 Å². The Kier molecular flexibility index (Phi) is 9.77. The number of anilines is 1. The molecule has 2 amide bonds. The maximum absolute atomic E-state index is 13.4. The predicted molar refractivity (Wildman–Crippen MR) is 170 cm³/mol. The van der Waals surface area contributed by atoms with Crippen LogP contribution in [0, 0.1) is 0 Å². The number of carbonyl (C=O) groups is 3. The van der Waals surface area contributed by atoms with E-state index < -0.39 is 57.7 Å². The quantitative estimate of drug-likeness (QED) is 0.0647. The Bertz CT molecular complexity index is 1870. The molecule has 1 saturated heterocycles. The number of hydrogen-bond donors (Lipinski definition) is 4. The normalized spacial score (nSPS) is 19.6. The number of oxime groups is 1. The molecule has 0 bridgehead atoms. The van der Waals surface area contributed by atoms with Crippen molar-refractivity contribution in [2.24, 2.45) is 12.2 Å². The Morgan fingerprint density at radius 1 is 1.33 bits per heavy atom. The maximum Gasteiger partial charge on any atom is 0.418 e. The number of nitrogen functional groups attached to an aromatic ring is 1. The van der Waals surface area contributed by atoms with Crippen LogP contribution in [0.2, 0.25) is 0 Å². The molecule has 3 aromatic rings. The van der Waals surface area contributed by atoms with Crippen LogP contribution in [0.5, 0.6) is 5.75 Å². The summed E-state index contributed by atoms with van der Waals surface area (Å²) in [5, 5.41) is 18.2. The van der Waals surface area contributed by atoms with Gasteiger partial charge in [0, 0.05) is 5.38 Å². The van der Waals surface area contributed by atoms with Crippen LogP contribution >= 0.6 is 11.3 Å². The van der Waals surface area contributed by atoms with Gasteiger partial charge in [0.2, 0.25) is 6.20 Å². The van der Waals surface area contributed by atoms with E-state index in [9.17, 15) is 27.9 Å². The highest BCUT2D eigenvalue weighted by Gasteiger charge is 2.58. The highest BCUT2D eigenvalue weighted by molar-refractivity contribution is 7.80. The van der Waals surface area contributed by atoms with Crippen molar-refractivity contribution in [1.82, 2.24) is 20.0 Å². The number of rotatable bonds is 13. The fraction of sp³-hybridized carbons (Fsp3) is 0.448. The van der Waals surface area contributed by atoms with Gasteiger partial charge < -0.3 is 25.7 Å². The highest BCUT2D eigenvalue weighted by atomic mass is 32.3. The van der Waals surface area contributed by atoms with E-state index in [2.05, 4.69) is 37.5 Å². The number of unbranched alkanes of at least 4 members (excludes halogenated alkanes) is 1. The zero-order valence-corrected chi connectivity index (χ0v) is 28.2. The Labute approximate surface area is 279 Å². The first-order chi connectivity index (χ1) is 22.6. The number of aryl methyl sites for hydroxylation is 3. The fourth-order valence-electron chi connectivity index (χ4n) is 5.46. The minimum absolute atomic E-state index is 0.0610. The summed E-state index contributed by atoms with van der Waals surface area (Å²) in [7, 11) is -3.03. The second kappa shape index (κ2) is 13.5. The van der Waals surface area contributed by atoms with E-state index in [-0.39, 0.29) is 17.2 Å². The molecule has 1 aromatic carbocycles. The van der Waals surface area contributed by atoms with Crippen molar-refractivity contribution in [1.29, 1.82) is 0 Å². The van der Waals surface area contributed by atoms with Crippen molar-refractivity contribution in [2.45, 2.75) is 76.8 Å². The van der Waals surface area contributed by atoms with Gasteiger partial charge in [0.25, 0.3) is 17.9 Å². The average Bonchev–Trinajstić information content (AvgIpc) is 3.63. The van der Waals surface area contributed by atoms with Crippen LogP contribution in [0.25, 0.3) is 11.1 Å². The first-order valence-corrected chi connectivity index (χ1v) is 17.2. The number of aliphatic carboxylic acids is 1. The van der Waals surface area contributed by atoms with E-state index in [1.807, 2.05) is 30.1 Å². The lowest BCUT2D eigenvalue weighted by molar-refractivity contribution is -0.753. The molecule has 19 heteroatoms. The third kappa shape index (κ3) is 7.28. The number of carbonyl (C=O) groups excluding carboxylic acids is 2. The van der Waals surface area contributed by atoms with Gasteiger partial charge in [-0.15, -0.1) is 20.3 Å². The molecule has 5 rings (SSSR count). The lowest BCUT2D eigenvalue weighted by Crippen LogP contribution is -2.76. The molecule has 0 radical (unpaired) electrons. The Hall–Kier alpha value is -4.59. The number of fused-ring (bicyclic) bond motifs is 1. The second-order valence-electron chi connectivity index (χ2n) is 11.9. The Morgan fingerprint density at radius 3 is 2.71 bits per heavy atom. The van der Waals surface area contributed by atoms with Crippen molar-refractivity contribution in [3.8, 4) is 16.9 Å². The summed E-state index contributed by atoms with van der Waals surface area (Å²) in [5.41, 5.74) is 6.71. The summed E-state index contributed by atoms with van der Waals surface area (Å²) < 4.78 is 45.8. The van der Waals surface area contributed by atoms with Crippen LogP contribution in [-0.4, -0.2) is 80.1 Å². The van der Waals surface area contributed by atoms with E-state index in [0.29, 0.717) is 17.2 Å². The van der Waals surface area contributed by atoms with Gasteiger partial charge in [-0.1, -0.05) is 24.6 Å². The van der Waals surface area contributed by atoms with Gasteiger partial charge >= 0.3 is 16.4 Å². The molecule has 1 fully saturated rings. The largest absolute Gasteiger partial charge is 0.485 e. The van der Waals surface area contributed by atoms with Crippen LogP contribution in [0.3, 0.4) is 0 Å². The van der Waals surface area contributed by atoms with Crippen molar-refractivity contribution in [2.75, 3.05) is 5.73 Å². The van der Waals surface area contributed by atoms with E-state index in [1.165, 1.54) is 19.2 Å². The first-order valence-electron chi connectivity index (χ1n) is 14.9. The van der Waals surface area contributed by atoms with Crippen molar-refractivity contribution in [3.63, 3.8) is 0 Å². The minimum atomic E-state index is -5.01. The lowest BCUT2D eigenvalue weighted by Gasteiger charge is -2.50. The first kappa shape index (κ1) is 34.7. The van der Waals surface area contributed by atoms with Crippen LogP contribution in [0.1, 0.15) is 51.3 Å². The summed E-state index contributed by atoms with van der Waals surface area (Å²) in [6.07, 6.45) is 4.44. The number of hydroxylamine groups is 2. The molecule has 3 atom stereocenters. The molecule has 0 spiro atoms. The number of ether oxygens (including phenoxy) is 1. The smallest absolute Gasteiger partial charge is 0.418 e. The number of benzene rings is 1. The van der Waals surface area contributed by atoms with Gasteiger partial charge in [-0.25, -0.2) is 9.78 Å². The van der Waals surface area contributed by atoms with Gasteiger partial charge in [0.05, 0.1) is 23.8 Å². The van der Waals surface area contributed by atoms with E-state index in [4.69, 9.17) is 19.9 Å². The molecule has 0 aliphatic carbocycles. The van der Waals surface area contributed by atoms with Crippen molar-refractivity contribution >= 4 is 50.4 Å². The highest BCUT2D eigenvalue weighted by Crippen LogP contribution is 2.34. The third-order valence-corrected chi connectivity index (χ3v) is 9.08. The van der Waals surface area contributed by atoms with Gasteiger partial charge in [0.1, 0.15) is 23.6 Å². The van der Waals surface area contributed by atoms with E-state index >= 15 is 0 Å². The number of thiazole rings is 1. The molecule has 4 heterocycles. The van der Waals surface area contributed by atoms with Crippen LogP contribution in [0.15, 0.2) is 41.1 Å². The number of amides is 2. The number of aromatic nitrogens is 3. The molecule has 2 aromatic heterocycles. The summed E-state index contributed by atoms with van der Waals surface area (Å²) in [6.45, 7) is 5.81. The molecule has 2 aliphatic heterocycles. The molecule has 5 N–H and O–H groups in total. The SMILES string of the molecule is CCCCn1cc(-c2ccc3c(c2)CC[C@@H]([C@@H](O/N=C(\C(=O)N[C@@H]2C(=O)N(OS(=O)(=O)O)C2(C)C)c2csc(N)n2)C(=O)O)O3)c[n+]1C. The summed E-state index contributed by atoms with van der Waals surface area (Å²) in [4.78, 5) is 47.8. The predicted octanol–water partition coefficient (Wildman–Crippen LogP) is 1.23. The summed E-state index contributed by atoms with van der Waals surface area (Å²) in [6, 6.07) is 4.38. The molecule has 17 nitrogen and oxygen atoms in total. The molecule has 258 valence electrons. The zero-order valence-electron chi connectivity index (χ0n) is 26.5. The van der Waals surface area contributed by atoms with Crippen LogP contribution < -0.4 is 20.5 Å². The number of carboxylic acid groups (broad SMARTS) is 1. The van der Waals surface area contributed by atoms with Gasteiger partial charge in [-0.2, -0.15) is 18.2 Å². The number of nitrogens with one attached hydrogen (secondary N) is 1. The van der Waals surface area contributed by atoms with Gasteiger partial charge in [-0.3, -0.25) is 14.1 Å². The molecular weight excluding hydrogens is 670 g/mol. The summed E-state index contributed by atoms with van der Waals surface area (Å²) in [5.74, 6) is -2.87. The standard InChI is InChI=1S/C29H35N7O10S2/c1-5-6-11-35-14-18(13-34(35)4)16-7-9-20-17(12-16)8-10-21(44-20)23(27(39)40)45-33-22(19-15-47-28(30)31-19)25(37)32-24-26(38)36(29(24,2)3)46-48(41,42)43/h7,9,12-15,21,23-24H,5-6,8,10-11H2,1-4H3,(H4-,30,31,32,37,39,40,41,42,43)/p+1/b33-22-/t21-,23+,24+/m0/s1. The molecular formula is C29H36N7O10S2+. The second-order valence-corrected chi connectivity index (χ2v) is 13.8. The zero-order chi connectivity index (χ0) is 35.0. The Balaban J connectivity index is 1.32. The lowest BCUT2D eigenvalue weighted by atomic mass is 9.84. The van der Waals surface area contributed by atoms with Gasteiger partial charge in [-0.05, 0) is 56.4 Å². The number of nitrogens with two attached hydrogens (primary N) is 1. The minimum Gasteiger partial charge on any atom is -0.485 e. The van der Waals surface area contributed by atoms with Crippen LogP contribution in [0.4, 0.5) is 5.13 Å². The molecule has 48 heavy (non-hydrogen) atoms. The van der Waals surface area contributed by atoms with E-state index in [1.54, 1.807) is 6.07 Å². The monoisotopic (exact) mass is 706 g/mol. The number of nitrogens with zero attached hydrogens (tertiary/aromatic N) is 5. The van der Waals surface area contributed by atoms with Gasteiger partial charge in [0.15, 0.2) is 17.9 Å². The number of carboxylic acids is 1. The topological polar surface area (TPSA) is 229 Å². The molecule has 2 aliphatic rings. The summed E-state index contributed by atoms with van der Waals surface area (Å²) >= 11 is 0.979. The maximum atomic E-state index is 13.4. The molecule has 0 unspecified atom stereocenters. The Morgan fingerprint density at radius 2 is 2.08 bits per heavy atom.